The van der Waals surface area contributed by atoms with Crippen LogP contribution in [0.15, 0.2) is 30.3 Å². The molecule has 0 bridgehead atoms. The van der Waals surface area contributed by atoms with E-state index in [2.05, 4.69) is 34.5 Å². The van der Waals surface area contributed by atoms with Gasteiger partial charge in [-0.2, -0.15) is 0 Å². The van der Waals surface area contributed by atoms with E-state index in [4.69, 9.17) is 9.47 Å². The van der Waals surface area contributed by atoms with E-state index in [1.165, 1.54) is 5.56 Å². The number of rotatable bonds is 5. The van der Waals surface area contributed by atoms with Crippen molar-refractivity contribution in [3.8, 4) is 0 Å². The van der Waals surface area contributed by atoms with Gasteiger partial charge in [0.15, 0.2) is 0 Å². The summed E-state index contributed by atoms with van der Waals surface area (Å²) in [6, 6.07) is 10.7. The molecule has 4 rings (SSSR count). The maximum Gasteiger partial charge on any atom is 0.225 e. The third-order valence-corrected chi connectivity index (χ3v) is 7.31. The number of aliphatic hydroxyl groups is 1. The second-order valence-electron chi connectivity index (χ2n) is 9.14. The standard InChI is InChI=1S/C24H36N2O4/c27-22-9-11-24(20-6-2-1-3-7-20,10-8-21(22)26-12-15-29-16-13-26)18-25-23(28)19-5-4-14-30-17-19/h1-3,6-7,19,21-22,27H,4-5,8-18H2,(H,25,28)/t19?,21-,22-,24+/m0/s1. The van der Waals surface area contributed by atoms with E-state index >= 15 is 0 Å². The maximum absolute atomic E-state index is 12.8. The zero-order valence-electron chi connectivity index (χ0n) is 17.9. The van der Waals surface area contributed by atoms with E-state index in [9.17, 15) is 9.90 Å². The third kappa shape index (κ3) is 5.05. The lowest BCUT2D eigenvalue weighted by atomic mass is 9.74. The number of benzene rings is 1. The van der Waals surface area contributed by atoms with Gasteiger partial charge in [-0.05, 0) is 44.1 Å². The molecule has 1 aliphatic carbocycles. The monoisotopic (exact) mass is 416 g/mol. The van der Waals surface area contributed by atoms with Gasteiger partial charge < -0.3 is 19.9 Å². The highest BCUT2D eigenvalue weighted by Gasteiger charge is 2.40. The summed E-state index contributed by atoms with van der Waals surface area (Å²) in [5.41, 5.74) is 1.12. The van der Waals surface area contributed by atoms with Gasteiger partial charge in [-0.15, -0.1) is 0 Å². The molecule has 3 aliphatic rings. The van der Waals surface area contributed by atoms with Gasteiger partial charge >= 0.3 is 0 Å². The van der Waals surface area contributed by atoms with E-state index < -0.39 is 0 Å². The van der Waals surface area contributed by atoms with Crippen molar-refractivity contribution in [2.75, 3.05) is 46.1 Å². The van der Waals surface area contributed by atoms with E-state index in [1.54, 1.807) is 0 Å². The Kier molecular flexibility index (Phi) is 7.41. The van der Waals surface area contributed by atoms with Gasteiger partial charge in [-0.1, -0.05) is 30.3 Å². The lowest BCUT2D eigenvalue weighted by molar-refractivity contribution is -0.129. The first-order valence-corrected chi connectivity index (χ1v) is 11.6. The maximum atomic E-state index is 12.8. The lowest BCUT2D eigenvalue weighted by Gasteiger charge is -2.37. The lowest BCUT2D eigenvalue weighted by Crippen LogP contribution is -2.48. The first kappa shape index (κ1) is 21.8. The Morgan fingerprint density at radius 3 is 2.57 bits per heavy atom. The van der Waals surface area contributed by atoms with Crippen molar-refractivity contribution < 1.29 is 19.4 Å². The Morgan fingerprint density at radius 1 is 1.07 bits per heavy atom. The van der Waals surface area contributed by atoms with Crippen LogP contribution in [0, 0.1) is 5.92 Å². The largest absolute Gasteiger partial charge is 0.391 e. The first-order valence-electron chi connectivity index (χ1n) is 11.6. The summed E-state index contributed by atoms with van der Waals surface area (Å²) in [6.45, 7) is 5.17. The summed E-state index contributed by atoms with van der Waals surface area (Å²) >= 11 is 0. The van der Waals surface area contributed by atoms with E-state index in [0.29, 0.717) is 13.2 Å². The van der Waals surface area contributed by atoms with Crippen LogP contribution in [0.2, 0.25) is 0 Å². The van der Waals surface area contributed by atoms with Crippen LogP contribution in [0.5, 0.6) is 0 Å². The smallest absolute Gasteiger partial charge is 0.225 e. The van der Waals surface area contributed by atoms with Crippen molar-refractivity contribution in [1.29, 1.82) is 0 Å². The third-order valence-electron chi connectivity index (χ3n) is 7.31. The molecule has 166 valence electrons. The second-order valence-corrected chi connectivity index (χ2v) is 9.14. The number of aliphatic hydroxyl groups excluding tert-OH is 1. The van der Waals surface area contributed by atoms with Crippen molar-refractivity contribution >= 4 is 5.91 Å². The summed E-state index contributed by atoms with van der Waals surface area (Å²) in [5, 5.41) is 14.2. The molecule has 2 saturated heterocycles. The normalized spacial score (nSPS) is 33.6. The molecule has 1 saturated carbocycles. The van der Waals surface area contributed by atoms with Crippen molar-refractivity contribution in [3.05, 3.63) is 35.9 Å². The number of hydrogen-bond donors (Lipinski definition) is 2. The highest BCUT2D eigenvalue weighted by Crippen LogP contribution is 2.39. The molecule has 2 heterocycles. The van der Waals surface area contributed by atoms with Gasteiger partial charge in [-0.3, -0.25) is 9.69 Å². The minimum atomic E-state index is -0.337. The van der Waals surface area contributed by atoms with Gasteiger partial charge in [0.2, 0.25) is 5.91 Å². The molecular formula is C24H36N2O4. The molecule has 2 aliphatic heterocycles. The van der Waals surface area contributed by atoms with Crippen molar-refractivity contribution in [1.82, 2.24) is 10.2 Å². The molecule has 6 nitrogen and oxygen atoms in total. The minimum absolute atomic E-state index is 0.0379. The average Bonchev–Trinajstić information content (AvgIpc) is 2.99. The molecule has 0 spiro atoms. The van der Waals surface area contributed by atoms with Gasteiger partial charge in [0, 0.05) is 37.7 Å². The zero-order valence-corrected chi connectivity index (χ0v) is 17.9. The zero-order chi connectivity index (χ0) is 20.8. The van der Waals surface area contributed by atoms with Crippen LogP contribution >= 0.6 is 0 Å². The molecular weight excluding hydrogens is 380 g/mol. The number of carbonyl (C=O) groups is 1. The van der Waals surface area contributed by atoms with Crippen LogP contribution < -0.4 is 5.32 Å². The molecule has 1 amide bonds. The molecule has 30 heavy (non-hydrogen) atoms. The Balaban J connectivity index is 1.49. The Bertz CT molecular complexity index is 673. The van der Waals surface area contributed by atoms with Gasteiger partial charge in [0.25, 0.3) is 0 Å². The molecule has 1 unspecified atom stereocenters. The van der Waals surface area contributed by atoms with Gasteiger partial charge in [0.05, 0.1) is 31.8 Å². The topological polar surface area (TPSA) is 71.0 Å². The number of amides is 1. The molecule has 2 N–H and O–H groups in total. The Labute approximate surface area is 179 Å². The number of morpholine rings is 1. The highest BCUT2D eigenvalue weighted by molar-refractivity contribution is 5.79. The summed E-state index contributed by atoms with van der Waals surface area (Å²) in [6.07, 6.45) is 5.03. The predicted molar refractivity (Wildman–Crippen MR) is 115 cm³/mol. The molecule has 1 aromatic rings. The molecule has 3 fully saturated rings. The van der Waals surface area contributed by atoms with Gasteiger partial charge in [-0.25, -0.2) is 0 Å². The molecule has 1 aromatic carbocycles. The van der Waals surface area contributed by atoms with E-state index in [1.807, 2.05) is 6.07 Å². The van der Waals surface area contributed by atoms with Crippen LogP contribution in [0.3, 0.4) is 0 Å². The highest BCUT2D eigenvalue weighted by atomic mass is 16.5. The Morgan fingerprint density at radius 2 is 1.83 bits per heavy atom. The van der Waals surface area contributed by atoms with E-state index in [-0.39, 0.29) is 29.4 Å². The van der Waals surface area contributed by atoms with Crippen LogP contribution in [0.1, 0.15) is 44.1 Å². The van der Waals surface area contributed by atoms with Crippen LogP contribution in [0.4, 0.5) is 0 Å². The quantitative estimate of drug-likeness (QED) is 0.720. The molecule has 4 atom stereocenters. The summed E-state index contributed by atoms with van der Waals surface area (Å²) in [5.74, 6) is 0.0728. The number of hydrogen-bond acceptors (Lipinski definition) is 5. The first-order chi connectivity index (χ1) is 14.7. The van der Waals surface area contributed by atoms with Gasteiger partial charge in [0.1, 0.15) is 0 Å². The summed E-state index contributed by atoms with van der Waals surface area (Å²) < 4.78 is 11.0. The van der Waals surface area contributed by atoms with Crippen molar-refractivity contribution in [3.63, 3.8) is 0 Å². The van der Waals surface area contributed by atoms with E-state index in [0.717, 1.165) is 71.4 Å². The fraction of sp³-hybridized carbons (Fsp3) is 0.708. The number of carbonyl (C=O) groups excluding carboxylic acids is 1. The number of ether oxygens (including phenoxy) is 2. The Hall–Kier alpha value is -1.47. The molecule has 0 aromatic heterocycles. The second kappa shape index (κ2) is 10.2. The average molecular weight is 417 g/mol. The molecule has 0 radical (unpaired) electrons. The number of nitrogens with zero attached hydrogens (tertiary/aromatic N) is 1. The SMILES string of the molecule is O=C(NC[C@]1(c2ccccc2)CC[C@H](O)[C@@H](N2CCOCC2)CC1)C1CCCOC1. The fourth-order valence-corrected chi connectivity index (χ4v) is 5.40. The molecule has 6 heteroatoms. The predicted octanol–water partition coefficient (Wildman–Crippen LogP) is 2.10. The van der Waals surface area contributed by atoms with Crippen LogP contribution in [-0.2, 0) is 19.7 Å². The number of nitrogens with one attached hydrogen (secondary N) is 1. The van der Waals surface area contributed by atoms with Crippen LogP contribution in [-0.4, -0.2) is 74.1 Å². The van der Waals surface area contributed by atoms with Crippen molar-refractivity contribution in [2.45, 2.75) is 56.1 Å². The summed E-state index contributed by atoms with van der Waals surface area (Å²) in [7, 11) is 0. The summed E-state index contributed by atoms with van der Waals surface area (Å²) in [4.78, 5) is 15.2. The minimum Gasteiger partial charge on any atom is -0.391 e. The fourth-order valence-electron chi connectivity index (χ4n) is 5.40. The van der Waals surface area contributed by atoms with Crippen molar-refractivity contribution in [2.24, 2.45) is 5.92 Å². The van der Waals surface area contributed by atoms with Crippen LogP contribution in [0.25, 0.3) is 0 Å².